The molecular formula is C14H14ClN3O. The maximum Gasteiger partial charge on any atom is 0.168 e. The van der Waals surface area contributed by atoms with Crippen LogP contribution in [0.1, 0.15) is 29.4 Å². The van der Waals surface area contributed by atoms with Gasteiger partial charge in [-0.2, -0.15) is 5.10 Å². The Morgan fingerprint density at radius 1 is 1.32 bits per heavy atom. The molecule has 0 aliphatic heterocycles. The number of hydrogen-bond acceptors (Lipinski definition) is 3. The summed E-state index contributed by atoms with van der Waals surface area (Å²) in [5, 5.41) is 11.0. The van der Waals surface area contributed by atoms with E-state index in [-0.39, 0.29) is 5.78 Å². The SMILES string of the molecule is CC1CC(=O)c2c(Nc3ccc(Cl)cc3)n[nH]c2C1. The number of benzene rings is 1. The van der Waals surface area contributed by atoms with Crippen molar-refractivity contribution < 1.29 is 4.79 Å². The third-order valence-corrected chi connectivity index (χ3v) is 3.57. The van der Waals surface area contributed by atoms with E-state index in [1.165, 1.54) is 0 Å². The van der Waals surface area contributed by atoms with Gasteiger partial charge in [0.05, 0.1) is 5.56 Å². The minimum atomic E-state index is 0.152. The van der Waals surface area contributed by atoms with Gasteiger partial charge in [-0.1, -0.05) is 18.5 Å². The molecule has 0 bridgehead atoms. The maximum absolute atomic E-state index is 12.1. The second-order valence-corrected chi connectivity index (χ2v) is 5.43. The van der Waals surface area contributed by atoms with Crippen molar-refractivity contribution in [3.05, 3.63) is 40.5 Å². The van der Waals surface area contributed by atoms with Gasteiger partial charge in [-0.05, 0) is 36.6 Å². The van der Waals surface area contributed by atoms with E-state index in [2.05, 4.69) is 22.4 Å². The summed E-state index contributed by atoms with van der Waals surface area (Å²) in [4.78, 5) is 12.1. The molecule has 0 saturated heterocycles. The highest BCUT2D eigenvalue weighted by molar-refractivity contribution is 6.30. The van der Waals surface area contributed by atoms with Crippen LogP contribution in [0.3, 0.4) is 0 Å². The van der Waals surface area contributed by atoms with Gasteiger partial charge in [-0.15, -0.1) is 0 Å². The molecule has 4 nitrogen and oxygen atoms in total. The molecule has 1 aromatic carbocycles. The highest BCUT2D eigenvalue weighted by Gasteiger charge is 2.27. The fourth-order valence-electron chi connectivity index (χ4n) is 2.43. The highest BCUT2D eigenvalue weighted by atomic mass is 35.5. The van der Waals surface area contributed by atoms with Gasteiger partial charge in [-0.3, -0.25) is 9.89 Å². The number of anilines is 2. The lowest BCUT2D eigenvalue weighted by Gasteiger charge is -2.17. The molecule has 1 aliphatic rings. The molecule has 1 atom stereocenters. The summed E-state index contributed by atoms with van der Waals surface area (Å²) in [5.41, 5.74) is 2.50. The van der Waals surface area contributed by atoms with Gasteiger partial charge < -0.3 is 5.32 Å². The molecule has 1 aliphatic carbocycles. The topological polar surface area (TPSA) is 57.8 Å². The van der Waals surface area contributed by atoms with E-state index in [0.717, 1.165) is 17.8 Å². The molecule has 5 heteroatoms. The molecule has 0 amide bonds. The van der Waals surface area contributed by atoms with Crippen LogP contribution in [0.5, 0.6) is 0 Å². The Hall–Kier alpha value is -1.81. The highest BCUT2D eigenvalue weighted by Crippen LogP contribution is 2.30. The Morgan fingerprint density at radius 2 is 2.05 bits per heavy atom. The van der Waals surface area contributed by atoms with Crippen LogP contribution in [-0.4, -0.2) is 16.0 Å². The first-order valence-electron chi connectivity index (χ1n) is 6.26. The normalized spacial score (nSPS) is 18.2. The van der Waals surface area contributed by atoms with Crippen molar-refractivity contribution in [3.63, 3.8) is 0 Å². The average Bonchev–Trinajstić information content (AvgIpc) is 2.75. The fourth-order valence-corrected chi connectivity index (χ4v) is 2.55. The van der Waals surface area contributed by atoms with Crippen LogP contribution in [0.15, 0.2) is 24.3 Å². The molecule has 19 heavy (non-hydrogen) atoms. The van der Waals surface area contributed by atoms with Crippen LogP contribution >= 0.6 is 11.6 Å². The number of halogens is 1. The van der Waals surface area contributed by atoms with E-state index in [0.29, 0.717) is 28.7 Å². The summed E-state index contributed by atoms with van der Waals surface area (Å²) in [6, 6.07) is 7.32. The van der Waals surface area contributed by atoms with Gasteiger partial charge in [0.2, 0.25) is 0 Å². The second-order valence-electron chi connectivity index (χ2n) is 4.99. The third kappa shape index (κ3) is 2.36. The molecule has 3 rings (SSSR count). The molecule has 1 aromatic heterocycles. The maximum atomic E-state index is 12.1. The van der Waals surface area contributed by atoms with Crippen molar-refractivity contribution in [1.82, 2.24) is 10.2 Å². The molecule has 2 N–H and O–H groups in total. The molecular weight excluding hydrogens is 262 g/mol. The summed E-state index contributed by atoms with van der Waals surface area (Å²) in [5.74, 6) is 1.14. The number of carbonyl (C=O) groups excluding carboxylic acids is 1. The number of hydrogen-bond donors (Lipinski definition) is 2. The minimum Gasteiger partial charge on any atom is -0.338 e. The zero-order chi connectivity index (χ0) is 13.4. The Kier molecular flexibility index (Phi) is 3.03. The Bertz CT molecular complexity index is 618. The van der Waals surface area contributed by atoms with E-state index in [9.17, 15) is 4.79 Å². The second kappa shape index (κ2) is 4.70. The number of aromatic nitrogens is 2. The number of carbonyl (C=O) groups is 1. The van der Waals surface area contributed by atoms with Crippen LogP contribution in [-0.2, 0) is 6.42 Å². The van der Waals surface area contributed by atoms with Gasteiger partial charge in [-0.25, -0.2) is 0 Å². The molecule has 0 saturated carbocycles. The van der Waals surface area contributed by atoms with Crippen molar-refractivity contribution in [2.24, 2.45) is 5.92 Å². The Balaban J connectivity index is 1.91. The molecule has 0 fully saturated rings. The Morgan fingerprint density at radius 3 is 2.79 bits per heavy atom. The van der Waals surface area contributed by atoms with Gasteiger partial charge in [0.1, 0.15) is 0 Å². The van der Waals surface area contributed by atoms with E-state index in [1.54, 1.807) is 12.1 Å². The zero-order valence-electron chi connectivity index (χ0n) is 10.5. The zero-order valence-corrected chi connectivity index (χ0v) is 11.3. The van der Waals surface area contributed by atoms with E-state index in [4.69, 9.17) is 11.6 Å². The molecule has 98 valence electrons. The van der Waals surface area contributed by atoms with Crippen LogP contribution in [0.2, 0.25) is 5.02 Å². The minimum absolute atomic E-state index is 0.152. The molecule has 0 radical (unpaired) electrons. The van der Waals surface area contributed by atoms with E-state index < -0.39 is 0 Å². The van der Waals surface area contributed by atoms with E-state index >= 15 is 0 Å². The van der Waals surface area contributed by atoms with Gasteiger partial charge >= 0.3 is 0 Å². The summed E-state index contributed by atoms with van der Waals surface area (Å²) < 4.78 is 0. The third-order valence-electron chi connectivity index (χ3n) is 3.31. The molecule has 2 aromatic rings. The first-order valence-corrected chi connectivity index (χ1v) is 6.64. The van der Waals surface area contributed by atoms with Crippen molar-refractivity contribution >= 4 is 28.9 Å². The number of rotatable bonds is 2. The van der Waals surface area contributed by atoms with Crippen LogP contribution < -0.4 is 5.32 Å². The smallest absolute Gasteiger partial charge is 0.168 e. The van der Waals surface area contributed by atoms with Crippen molar-refractivity contribution in [3.8, 4) is 0 Å². The molecule has 1 heterocycles. The monoisotopic (exact) mass is 275 g/mol. The van der Waals surface area contributed by atoms with Crippen molar-refractivity contribution in [2.45, 2.75) is 19.8 Å². The quantitative estimate of drug-likeness (QED) is 0.881. The number of fused-ring (bicyclic) bond motifs is 1. The first kappa shape index (κ1) is 12.2. The lowest BCUT2D eigenvalue weighted by atomic mass is 9.88. The van der Waals surface area contributed by atoms with Crippen molar-refractivity contribution in [2.75, 3.05) is 5.32 Å². The summed E-state index contributed by atoms with van der Waals surface area (Å²) >= 11 is 5.84. The fraction of sp³-hybridized carbons (Fsp3) is 0.286. The molecule has 1 unspecified atom stereocenters. The largest absolute Gasteiger partial charge is 0.338 e. The Labute approximate surface area is 116 Å². The van der Waals surface area contributed by atoms with Gasteiger partial charge in [0.15, 0.2) is 11.6 Å². The van der Waals surface area contributed by atoms with Gasteiger partial charge in [0.25, 0.3) is 0 Å². The number of nitrogens with one attached hydrogen (secondary N) is 2. The van der Waals surface area contributed by atoms with Crippen molar-refractivity contribution in [1.29, 1.82) is 0 Å². The lowest BCUT2D eigenvalue weighted by molar-refractivity contribution is 0.0954. The number of Topliss-reactive ketones (excluding diaryl/α,β-unsaturated/α-hetero) is 1. The summed E-state index contributed by atoms with van der Waals surface area (Å²) in [6.07, 6.45) is 1.46. The number of aromatic amines is 1. The predicted octanol–water partition coefficient (Wildman–Crippen LogP) is 3.57. The lowest BCUT2D eigenvalue weighted by Crippen LogP contribution is -2.17. The standard InChI is InChI=1S/C14H14ClN3O/c1-8-6-11-13(12(19)7-8)14(18-17-11)16-10-4-2-9(15)3-5-10/h2-5,8H,6-7H2,1H3,(H2,16,17,18). The summed E-state index contributed by atoms with van der Waals surface area (Å²) in [7, 11) is 0. The van der Waals surface area contributed by atoms with Crippen LogP contribution in [0.4, 0.5) is 11.5 Å². The van der Waals surface area contributed by atoms with Crippen LogP contribution in [0, 0.1) is 5.92 Å². The van der Waals surface area contributed by atoms with Gasteiger partial charge in [0, 0.05) is 22.8 Å². The number of nitrogens with zero attached hydrogens (tertiary/aromatic N) is 1. The molecule has 0 spiro atoms. The predicted molar refractivity (Wildman–Crippen MR) is 75.1 cm³/mol. The van der Waals surface area contributed by atoms with E-state index in [1.807, 2.05) is 12.1 Å². The number of ketones is 1. The number of H-pyrrole nitrogens is 1. The average molecular weight is 276 g/mol. The summed E-state index contributed by atoms with van der Waals surface area (Å²) in [6.45, 7) is 2.08. The first-order chi connectivity index (χ1) is 9.13. The van der Waals surface area contributed by atoms with Crippen LogP contribution in [0.25, 0.3) is 0 Å².